The molecule has 4 heteroatoms. The maximum atomic E-state index is 13.0. The molecule has 0 aliphatic rings. The Kier molecular flexibility index (Phi) is 2.95. The lowest BCUT2D eigenvalue weighted by Crippen LogP contribution is -2.25. The molecule has 0 saturated carbocycles. The Hall–Kier alpha value is -1.00. The molecule has 0 aliphatic heterocycles. The largest absolute Gasteiger partial charge is 0.387 e. The molecule has 1 rings (SSSR count). The molecule has 0 heterocycles. The van der Waals surface area contributed by atoms with Gasteiger partial charge in [0.25, 0.3) is 0 Å². The molecule has 0 bridgehead atoms. The molecule has 13 heavy (non-hydrogen) atoms. The van der Waals surface area contributed by atoms with E-state index < -0.39 is 23.8 Å². The number of hydrogen-bond acceptors (Lipinski definition) is 2. The number of hydrogen-bond donors (Lipinski definition) is 2. The van der Waals surface area contributed by atoms with Crippen LogP contribution in [0.4, 0.5) is 8.78 Å². The Morgan fingerprint density at radius 2 is 2.00 bits per heavy atom. The van der Waals surface area contributed by atoms with E-state index in [2.05, 4.69) is 0 Å². The number of nitrogens with two attached hydrogens (primary N) is 1. The number of halogens is 2. The molecule has 0 radical (unpaired) electrons. The van der Waals surface area contributed by atoms with E-state index >= 15 is 0 Å². The molecule has 3 N–H and O–H groups in total. The van der Waals surface area contributed by atoms with Crippen molar-refractivity contribution in [3.8, 4) is 0 Å². The first kappa shape index (κ1) is 10.1. The molecule has 1 aromatic carbocycles. The van der Waals surface area contributed by atoms with Crippen LogP contribution < -0.4 is 5.73 Å². The van der Waals surface area contributed by atoms with Gasteiger partial charge in [0.05, 0.1) is 6.10 Å². The van der Waals surface area contributed by atoms with Crippen LogP contribution in [0.1, 0.15) is 18.6 Å². The first-order valence-electron chi connectivity index (χ1n) is 3.91. The molecule has 0 aliphatic carbocycles. The summed E-state index contributed by atoms with van der Waals surface area (Å²) in [7, 11) is 0. The molecule has 72 valence electrons. The molecule has 2 unspecified atom stereocenters. The minimum Gasteiger partial charge on any atom is -0.387 e. The van der Waals surface area contributed by atoms with Crippen LogP contribution in [0.5, 0.6) is 0 Å². The summed E-state index contributed by atoms with van der Waals surface area (Å²) in [5.74, 6) is -2.01. The normalized spacial score (nSPS) is 15.5. The predicted molar refractivity (Wildman–Crippen MR) is 45.0 cm³/mol. The number of aliphatic hydroxyl groups excluding tert-OH is 1. The van der Waals surface area contributed by atoms with Crippen molar-refractivity contribution in [3.05, 3.63) is 35.4 Å². The SMILES string of the molecule is CC(N)C(O)c1cccc(F)c1F. The third kappa shape index (κ3) is 2.02. The zero-order chi connectivity index (χ0) is 10.0. The monoisotopic (exact) mass is 187 g/mol. The standard InChI is InChI=1S/C9H11F2NO/c1-5(12)9(13)6-3-2-4-7(10)8(6)11/h2-5,9,13H,12H2,1H3. The van der Waals surface area contributed by atoms with E-state index in [1.807, 2.05) is 0 Å². The lowest BCUT2D eigenvalue weighted by atomic mass is 10.0. The van der Waals surface area contributed by atoms with Gasteiger partial charge in [-0.1, -0.05) is 12.1 Å². The maximum absolute atomic E-state index is 13.0. The summed E-state index contributed by atoms with van der Waals surface area (Å²) >= 11 is 0. The molecule has 0 saturated heterocycles. The van der Waals surface area contributed by atoms with Crippen LogP contribution in [0.15, 0.2) is 18.2 Å². The van der Waals surface area contributed by atoms with Gasteiger partial charge in [0.2, 0.25) is 0 Å². The van der Waals surface area contributed by atoms with Crippen molar-refractivity contribution in [3.63, 3.8) is 0 Å². The van der Waals surface area contributed by atoms with Gasteiger partial charge in [0, 0.05) is 11.6 Å². The second-order valence-corrected chi connectivity index (χ2v) is 2.95. The van der Waals surface area contributed by atoms with E-state index in [-0.39, 0.29) is 5.56 Å². The van der Waals surface area contributed by atoms with Gasteiger partial charge in [-0.05, 0) is 13.0 Å². The molecule has 0 spiro atoms. The Morgan fingerprint density at radius 3 is 2.54 bits per heavy atom. The molecular formula is C9H11F2NO. The third-order valence-corrected chi connectivity index (χ3v) is 1.80. The van der Waals surface area contributed by atoms with E-state index in [9.17, 15) is 13.9 Å². The molecule has 0 amide bonds. The molecule has 2 nitrogen and oxygen atoms in total. The molecule has 0 fully saturated rings. The fraction of sp³-hybridized carbons (Fsp3) is 0.333. The Bertz CT molecular complexity index is 302. The van der Waals surface area contributed by atoms with Gasteiger partial charge >= 0.3 is 0 Å². The number of rotatable bonds is 2. The van der Waals surface area contributed by atoms with Crippen LogP contribution in [0, 0.1) is 11.6 Å². The van der Waals surface area contributed by atoms with Gasteiger partial charge in [0.15, 0.2) is 11.6 Å². The van der Waals surface area contributed by atoms with Crippen molar-refractivity contribution < 1.29 is 13.9 Å². The highest BCUT2D eigenvalue weighted by molar-refractivity contribution is 5.22. The van der Waals surface area contributed by atoms with Crippen LogP contribution in [0.2, 0.25) is 0 Å². The van der Waals surface area contributed by atoms with Gasteiger partial charge in [-0.2, -0.15) is 0 Å². The zero-order valence-corrected chi connectivity index (χ0v) is 7.17. The number of benzene rings is 1. The molecule has 0 aromatic heterocycles. The lowest BCUT2D eigenvalue weighted by molar-refractivity contribution is 0.148. The topological polar surface area (TPSA) is 46.2 Å². The average Bonchev–Trinajstić information content (AvgIpc) is 2.08. The molecule has 1 aromatic rings. The average molecular weight is 187 g/mol. The van der Waals surface area contributed by atoms with E-state index in [0.29, 0.717) is 0 Å². The van der Waals surface area contributed by atoms with Crippen LogP contribution >= 0.6 is 0 Å². The van der Waals surface area contributed by atoms with E-state index in [4.69, 9.17) is 5.73 Å². The molecule has 2 atom stereocenters. The van der Waals surface area contributed by atoms with Gasteiger partial charge in [-0.3, -0.25) is 0 Å². The van der Waals surface area contributed by atoms with Crippen molar-refractivity contribution in [2.24, 2.45) is 5.73 Å². The van der Waals surface area contributed by atoms with Crippen molar-refractivity contribution >= 4 is 0 Å². The predicted octanol–water partition coefficient (Wildman–Crippen LogP) is 1.35. The summed E-state index contributed by atoms with van der Waals surface area (Å²) in [6, 6.07) is 3.01. The molecular weight excluding hydrogens is 176 g/mol. The first-order valence-corrected chi connectivity index (χ1v) is 3.91. The summed E-state index contributed by atoms with van der Waals surface area (Å²) in [4.78, 5) is 0. The minimum atomic E-state index is -1.17. The van der Waals surface area contributed by atoms with Crippen molar-refractivity contribution in [1.29, 1.82) is 0 Å². The van der Waals surface area contributed by atoms with Crippen LogP contribution in [0.3, 0.4) is 0 Å². The summed E-state index contributed by atoms with van der Waals surface area (Å²) in [5.41, 5.74) is 5.25. The number of aliphatic hydroxyl groups is 1. The lowest BCUT2D eigenvalue weighted by Gasteiger charge is -2.15. The van der Waals surface area contributed by atoms with E-state index in [1.165, 1.54) is 19.1 Å². The second-order valence-electron chi connectivity index (χ2n) is 2.95. The van der Waals surface area contributed by atoms with E-state index in [0.717, 1.165) is 6.07 Å². The fourth-order valence-corrected chi connectivity index (χ4v) is 1.03. The zero-order valence-electron chi connectivity index (χ0n) is 7.17. The van der Waals surface area contributed by atoms with Gasteiger partial charge in [0.1, 0.15) is 0 Å². The minimum absolute atomic E-state index is 0.102. The highest BCUT2D eigenvalue weighted by Gasteiger charge is 2.18. The van der Waals surface area contributed by atoms with Crippen molar-refractivity contribution in [2.75, 3.05) is 0 Å². The van der Waals surface area contributed by atoms with Gasteiger partial charge in [-0.25, -0.2) is 8.78 Å². The Morgan fingerprint density at radius 1 is 1.38 bits per heavy atom. The smallest absolute Gasteiger partial charge is 0.164 e. The summed E-state index contributed by atoms with van der Waals surface area (Å²) < 4.78 is 25.7. The summed E-state index contributed by atoms with van der Waals surface area (Å²) in [5, 5.41) is 9.37. The Balaban J connectivity index is 3.07. The highest BCUT2D eigenvalue weighted by atomic mass is 19.2. The van der Waals surface area contributed by atoms with Crippen LogP contribution in [0.25, 0.3) is 0 Å². The fourth-order valence-electron chi connectivity index (χ4n) is 1.03. The third-order valence-electron chi connectivity index (χ3n) is 1.80. The van der Waals surface area contributed by atoms with Gasteiger partial charge in [-0.15, -0.1) is 0 Å². The van der Waals surface area contributed by atoms with Gasteiger partial charge < -0.3 is 10.8 Å². The summed E-state index contributed by atoms with van der Waals surface area (Å²) in [6.07, 6.45) is -1.17. The Labute approximate surface area is 75.0 Å². The maximum Gasteiger partial charge on any atom is 0.164 e. The van der Waals surface area contributed by atoms with E-state index in [1.54, 1.807) is 0 Å². The second kappa shape index (κ2) is 3.81. The van der Waals surface area contributed by atoms with Crippen LogP contribution in [-0.2, 0) is 0 Å². The van der Waals surface area contributed by atoms with Crippen molar-refractivity contribution in [2.45, 2.75) is 19.1 Å². The van der Waals surface area contributed by atoms with Crippen LogP contribution in [-0.4, -0.2) is 11.1 Å². The van der Waals surface area contributed by atoms with Crippen molar-refractivity contribution in [1.82, 2.24) is 0 Å². The first-order chi connectivity index (χ1) is 6.04. The highest BCUT2D eigenvalue weighted by Crippen LogP contribution is 2.20. The quantitative estimate of drug-likeness (QED) is 0.734. The summed E-state index contributed by atoms with van der Waals surface area (Å²) in [6.45, 7) is 1.52.